The molecule has 1 amide bonds. The van der Waals surface area contributed by atoms with Gasteiger partial charge < -0.3 is 9.80 Å². The molecule has 6 nitrogen and oxygen atoms in total. The molecular formula is C20H25N3O3S. The van der Waals surface area contributed by atoms with E-state index >= 15 is 0 Å². The van der Waals surface area contributed by atoms with E-state index in [1.807, 2.05) is 17.0 Å². The first kappa shape index (κ1) is 19.4. The molecule has 1 heterocycles. The Kier molecular flexibility index (Phi) is 5.82. The number of nitrogens with zero attached hydrogens (tertiary/aromatic N) is 3. The summed E-state index contributed by atoms with van der Waals surface area (Å²) in [5.41, 5.74) is 1.45. The molecule has 0 aromatic heterocycles. The van der Waals surface area contributed by atoms with Crippen LogP contribution in [0.25, 0.3) is 0 Å². The zero-order chi connectivity index (χ0) is 19.4. The van der Waals surface area contributed by atoms with Crippen molar-refractivity contribution < 1.29 is 13.2 Å². The van der Waals surface area contributed by atoms with Crippen molar-refractivity contribution in [2.45, 2.75) is 11.3 Å². The highest BCUT2D eigenvalue weighted by Gasteiger charge is 2.22. The zero-order valence-electron chi connectivity index (χ0n) is 15.7. The maximum absolute atomic E-state index is 12.7. The molecule has 7 heteroatoms. The molecular weight excluding hydrogens is 362 g/mol. The lowest BCUT2D eigenvalue weighted by Crippen LogP contribution is -2.47. The number of likely N-dealkylation sites (N-methyl/N-ethyl adjacent to an activating group) is 1. The van der Waals surface area contributed by atoms with Gasteiger partial charge >= 0.3 is 0 Å². The highest BCUT2D eigenvalue weighted by Crippen LogP contribution is 2.22. The fourth-order valence-corrected chi connectivity index (χ4v) is 4.27. The second kappa shape index (κ2) is 8.10. The van der Waals surface area contributed by atoms with Crippen LogP contribution in [-0.2, 0) is 21.2 Å². The average molecular weight is 388 g/mol. The van der Waals surface area contributed by atoms with Gasteiger partial charge in [-0.1, -0.05) is 30.3 Å². The monoisotopic (exact) mass is 387 g/mol. The van der Waals surface area contributed by atoms with Gasteiger partial charge in [0.2, 0.25) is 5.91 Å². The average Bonchev–Trinajstić information content (AvgIpc) is 2.69. The van der Waals surface area contributed by atoms with Crippen molar-refractivity contribution in [2.24, 2.45) is 0 Å². The molecule has 1 aliphatic rings. The third-order valence-corrected chi connectivity index (χ3v) is 6.71. The predicted octanol–water partition coefficient (Wildman–Crippen LogP) is 1.83. The van der Waals surface area contributed by atoms with E-state index in [9.17, 15) is 13.2 Å². The molecule has 1 aliphatic heterocycles. The van der Waals surface area contributed by atoms with Gasteiger partial charge in [0.15, 0.2) is 0 Å². The maximum atomic E-state index is 12.7. The predicted molar refractivity (Wildman–Crippen MR) is 106 cm³/mol. The summed E-state index contributed by atoms with van der Waals surface area (Å²) in [6.45, 7) is 3.30. The van der Waals surface area contributed by atoms with Gasteiger partial charge in [0, 0.05) is 33.2 Å². The van der Waals surface area contributed by atoms with Crippen LogP contribution in [0.3, 0.4) is 0 Å². The van der Waals surface area contributed by atoms with Crippen LogP contribution in [0.2, 0.25) is 0 Å². The molecule has 2 aromatic rings. The van der Waals surface area contributed by atoms with E-state index < -0.39 is 10.0 Å². The van der Waals surface area contributed by atoms with Crippen molar-refractivity contribution in [3.63, 3.8) is 0 Å². The number of anilines is 1. The third kappa shape index (κ3) is 4.48. The first-order chi connectivity index (χ1) is 12.9. The molecule has 1 fully saturated rings. The van der Waals surface area contributed by atoms with E-state index in [2.05, 4.69) is 11.9 Å². The van der Waals surface area contributed by atoms with E-state index in [1.54, 1.807) is 42.5 Å². The fraction of sp³-hybridized carbons (Fsp3) is 0.350. The van der Waals surface area contributed by atoms with Gasteiger partial charge in [-0.05, 0) is 36.9 Å². The summed E-state index contributed by atoms with van der Waals surface area (Å²) in [5, 5.41) is 0. The standard InChI is InChI=1S/C20H25N3O3S/c1-21-12-14-23(15-13-21)20(24)16-17-8-10-18(11-9-17)22(2)27(25,26)19-6-4-3-5-7-19/h3-11H,12-16H2,1-2H3. The summed E-state index contributed by atoms with van der Waals surface area (Å²) in [5.74, 6) is 0.112. The lowest BCUT2D eigenvalue weighted by atomic mass is 10.1. The van der Waals surface area contributed by atoms with Crippen LogP contribution in [0, 0.1) is 0 Å². The Morgan fingerprint density at radius 1 is 0.963 bits per heavy atom. The number of piperazine rings is 1. The Morgan fingerprint density at radius 3 is 2.15 bits per heavy atom. The molecule has 0 saturated carbocycles. The summed E-state index contributed by atoms with van der Waals surface area (Å²) in [6.07, 6.45) is 0.332. The fourth-order valence-electron chi connectivity index (χ4n) is 3.06. The van der Waals surface area contributed by atoms with Crippen LogP contribution >= 0.6 is 0 Å². The second-order valence-corrected chi connectivity index (χ2v) is 8.78. The van der Waals surface area contributed by atoms with E-state index in [0.29, 0.717) is 12.1 Å². The minimum absolute atomic E-state index is 0.112. The molecule has 0 bridgehead atoms. The molecule has 0 spiro atoms. The molecule has 0 aliphatic carbocycles. The van der Waals surface area contributed by atoms with Crippen LogP contribution in [-0.4, -0.2) is 64.4 Å². The van der Waals surface area contributed by atoms with Crippen molar-refractivity contribution in [1.82, 2.24) is 9.80 Å². The quantitative estimate of drug-likeness (QED) is 0.785. The molecule has 3 rings (SSSR count). The number of hydrogen-bond donors (Lipinski definition) is 0. The largest absolute Gasteiger partial charge is 0.340 e. The first-order valence-electron chi connectivity index (χ1n) is 8.97. The number of sulfonamides is 1. The smallest absolute Gasteiger partial charge is 0.264 e. The molecule has 0 N–H and O–H groups in total. The van der Waals surface area contributed by atoms with E-state index in [-0.39, 0.29) is 10.8 Å². The van der Waals surface area contributed by atoms with Gasteiger partial charge in [0.05, 0.1) is 17.0 Å². The van der Waals surface area contributed by atoms with Gasteiger partial charge in [-0.3, -0.25) is 9.10 Å². The van der Waals surface area contributed by atoms with Crippen molar-refractivity contribution in [3.8, 4) is 0 Å². The minimum atomic E-state index is -3.60. The van der Waals surface area contributed by atoms with Crippen LogP contribution in [0.15, 0.2) is 59.5 Å². The lowest BCUT2D eigenvalue weighted by molar-refractivity contribution is -0.132. The molecule has 144 valence electrons. The summed E-state index contributed by atoms with van der Waals surface area (Å²) in [4.78, 5) is 16.8. The van der Waals surface area contributed by atoms with Crippen LogP contribution in [0.1, 0.15) is 5.56 Å². The normalized spacial score (nSPS) is 15.6. The highest BCUT2D eigenvalue weighted by molar-refractivity contribution is 7.92. The molecule has 0 atom stereocenters. The molecule has 0 unspecified atom stereocenters. The van der Waals surface area contributed by atoms with Gasteiger partial charge in [0.1, 0.15) is 0 Å². The Labute approximate surface area is 161 Å². The van der Waals surface area contributed by atoms with Crippen LogP contribution < -0.4 is 4.31 Å². The van der Waals surface area contributed by atoms with Gasteiger partial charge in [-0.15, -0.1) is 0 Å². The van der Waals surface area contributed by atoms with Gasteiger partial charge in [-0.2, -0.15) is 0 Å². The number of carbonyl (C=O) groups excluding carboxylic acids is 1. The number of carbonyl (C=O) groups is 1. The van der Waals surface area contributed by atoms with E-state index in [0.717, 1.165) is 31.7 Å². The molecule has 2 aromatic carbocycles. The summed E-state index contributed by atoms with van der Waals surface area (Å²) in [7, 11) is -0.00625. The number of benzene rings is 2. The van der Waals surface area contributed by atoms with Gasteiger partial charge in [-0.25, -0.2) is 8.42 Å². The van der Waals surface area contributed by atoms with Crippen molar-refractivity contribution in [3.05, 3.63) is 60.2 Å². The molecule has 1 saturated heterocycles. The minimum Gasteiger partial charge on any atom is -0.340 e. The van der Waals surface area contributed by atoms with E-state index in [4.69, 9.17) is 0 Å². The number of amides is 1. The Hall–Kier alpha value is -2.38. The third-order valence-electron chi connectivity index (χ3n) is 4.91. The summed E-state index contributed by atoms with van der Waals surface area (Å²) in [6, 6.07) is 15.5. The van der Waals surface area contributed by atoms with Crippen molar-refractivity contribution >= 4 is 21.6 Å². The van der Waals surface area contributed by atoms with Crippen LogP contribution in [0.4, 0.5) is 5.69 Å². The van der Waals surface area contributed by atoms with Crippen molar-refractivity contribution in [2.75, 3.05) is 44.6 Å². The molecule has 0 radical (unpaired) electrons. The second-order valence-electron chi connectivity index (χ2n) is 6.81. The Bertz CT molecular complexity index is 874. The van der Waals surface area contributed by atoms with E-state index in [1.165, 1.54) is 11.4 Å². The Balaban J connectivity index is 1.67. The lowest BCUT2D eigenvalue weighted by Gasteiger charge is -2.32. The number of rotatable bonds is 5. The topological polar surface area (TPSA) is 60.9 Å². The van der Waals surface area contributed by atoms with Gasteiger partial charge in [0.25, 0.3) is 10.0 Å². The SMILES string of the molecule is CN1CCN(C(=O)Cc2ccc(N(C)S(=O)(=O)c3ccccc3)cc2)CC1. The first-order valence-corrected chi connectivity index (χ1v) is 10.4. The summed E-state index contributed by atoms with van der Waals surface area (Å²) >= 11 is 0. The molecule has 27 heavy (non-hydrogen) atoms. The maximum Gasteiger partial charge on any atom is 0.264 e. The zero-order valence-corrected chi connectivity index (χ0v) is 16.5. The summed E-state index contributed by atoms with van der Waals surface area (Å²) < 4.78 is 26.6. The highest BCUT2D eigenvalue weighted by atomic mass is 32.2. The number of hydrogen-bond acceptors (Lipinski definition) is 4. The Morgan fingerprint density at radius 2 is 1.56 bits per heavy atom. The van der Waals surface area contributed by atoms with Crippen molar-refractivity contribution in [1.29, 1.82) is 0 Å². The van der Waals surface area contributed by atoms with Crippen LogP contribution in [0.5, 0.6) is 0 Å².